The van der Waals surface area contributed by atoms with Crippen molar-refractivity contribution in [2.24, 2.45) is 0 Å². The summed E-state index contributed by atoms with van der Waals surface area (Å²) in [7, 11) is 0. The summed E-state index contributed by atoms with van der Waals surface area (Å²) in [6.07, 6.45) is 4.61. The van der Waals surface area contributed by atoms with Crippen LogP contribution in [0.5, 0.6) is 5.75 Å². The molecule has 0 bridgehead atoms. The van der Waals surface area contributed by atoms with Gasteiger partial charge in [0.2, 0.25) is 5.91 Å². The zero-order chi connectivity index (χ0) is 22.5. The van der Waals surface area contributed by atoms with Crippen molar-refractivity contribution >= 4 is 34.5 Å². The Hall–Kier alpha value is -4.26. The molecule has 0 fully saturated rings. The van der Waals surface area contributed by atoms with E-state index in [1.165, 1.54) is 37.3 Å². The molecule has 0 aliphatic rings. The number of fused-ring (bicyclic) bond motifs is 1. The van der Waals surface area contributed by atoms with Crippen LogP contribution in [0.1, 0.15) is 18.1 Å². The van der Waals surface area contributed by atoms with Gasteiger partial charge in [-0.25, -0.2) is 4.39 Å². The highest BCUT2D eigenvalue weighted by atomic mass is 19.1. The number of para-hydroxylation sites is 1. The van der Waals surface area contributed by atoms with Crippen molar-refractivity contribution in [1.82, 2.24) is 9.78 Å². The van der Waals surface area contributed by atoms with E-state index in [-0.39, 0.29) is 11.7 Å². The van der Waals surface area contributed by atoms with Crippen LogP contribution < -0.4 is 10.1 Å². The Kier molecular flexibility index (Phi) is 6.07. The van der Waals surface area contributed by atoms with E-state index in [2.05, 4.69) is 10.4 Å². The second kappa shape index (κ2) is 9.26. The molecule has 0 radical (unpaired) electrons. The molecule has 3 aromatic carbocycles. The first kappa shape index (κ1) is 21.0. The van der Waals surface area contributed by atoms with Gasteiger partial charge >= 0.3 is 5.97 Å². The summed E-state index contributed by atoms with van der Waals surface area (Å²) < 4.78 is 20.4. The summed E-state index contributed by atoms with van der Waals surface area (Å²) in [6, 6.07) is 19.6. The summed E-state index contributed by atoms with van der Waals surface area (Å²) in [4.78, 5) is 23.7. The minimum absolute atomic E-state index is 0.186. The minimum Gasteiger partial charge on any atom is -0.424 e. The number of carbonyl (C=O) groups excluding carboxylic acids is 2. The van der Waals surface area contributed by atoms with Gasteiger partial charge in [0, 0.05) is 18.4 Å². The van der Waals surface area contributed by atoms with Gasteiger partial charge in [-0.2, -0.15) is 5.10 Å². The van der Waals surface area contributed by atoms with Gasteiger partial charge < -0.3 is 10.1 Å². The second-order valence-electron chi connectivity index (χ2n) is 7.14. The number of benzene rings is 3. The zero-order valence-corrected chi connectivity index (χ0v) is 17.3. The Labute approximate surface area is 183 Å². The number of nitrogens with zero attached hydrogens (tertiary/aromatic N) is 2. The predicted molar refractivity (Wildman–Crippen MR) is 121 cm³/mol. The number of ether oxygens (including phenoxy) is 1. The first-order valence-electron chi connectivity index (χ1n) is 9.95. The molecule has 1 amide bonds. The first-order chi connectivity index (χ1) is 15.5. The van der Waals surface area contributed by atoms with Gasteiger partial charge in [-0.3, -0.25) is 14.3 Å². The number of hydrogen-bond acceptors (Lipinski definition) is 4. The molecule has 32 heavy (non-hydrogen) atoms. The maximum Gasteiger partial charge on any atom is 0.308 e. The van der Waals surface area contributed by atoms with Crippen molar-refractivity contribution in [3.05, 3.63) is 95.9 Å². The number of halogens is 1. The lowest BCUT2D eigenvalue weighted by atomic mass is 10.2. The Balaban J connectivity index is 1.54. The number of anilines is 1. The Bertz CT molecular complexity index is 1310. The van der Waals surface area contributed by atoms with Crippen molar-refractivity contribution in [2.75, 3.05) is 5.32 Å². The SMILES string of the molecule is CC(=O)Oc1cc(/C=C/C(=O)Nc2cccc3cnn(Cc4ccccc4)c23)ccc1F. The Morgan fingerprint density at radius 1 is 1.09 bits per heavy atom. The fourth-order valence-electron chi connectivity index (χ4n) is 3.32. The largest absolute Gasteiger partial charge is 0.424 e. The third kappa shape index (κ3) is 4.89. The Morgan fingerprint density at radius 2 is 1.91 bits per heavy atom. The van der Waals surface area contributed by atoms with Crippen molar-refractivity contribution < 1.29 is 18.7 Å². The fourth-order valence-corrected chi connectivity index (χ4v) is 3.32. The summed E-state index contributed by atoms with van der Waals surface area (Å²) in [6.45, 7) is 1.76. The van der Waals surface area contributed by atoms with Gasteiger partial charge in [0.25, 0.3) is 0 Å². The molecule has 0 saturated heterocycles. The van der Waals surface area contributed by atoms with Gasteiger partial charge in [-0.1, -0.05) is 48.5 Å². The van der Waals surface area contributed by atoms with Gasteiger partial charge in [0.05, 0.1) is 23.9 Å². The van der Waals surface area contributed by atoms with Crippen LogP contribution in [0.25, 0.3) is 17.0 Å². The van der Waals surface area contributed by atoms with Crippen molar-refractivity contribution in [3.63, 3.8) is 0 Å². The second-order valence-corrected chi connectivity index (χ2v) is 7.14. The highest BCUT2D eigenvalue weighted by Crippen LogP contribution is 2.24. The quantitative estimate of drug-likeness (QED) is 0.271. The predicted octanol–water partition coefficient (Wildman–Crippen LogP) is 4.80. The Morgan fingerprint density at radius 3 is 2.69 bits per heavy atom. The van der Waals surface area contributed by atoms with Crippen LogP contribution in [0.4, 0.5) is 10.1 Å². The zero-order valence-electron chi connectivity index (χ0n) is 17.3. The van der Waals surface area contributed by atoms with Crippen LogP contribution in [0, 0.1) is 5.82 Å². The lowest BCUT2D eigenvalue weighted by molar-refractivity contribution is -0.132. The minimum atomic E-state index is -0.653. The molecule has 7 heteroatoms. The molecule has 0 unspecified atom stereocenters. The molecule has 1 aromatic heterocycles. The van der Waals surface area contributed by atoms with E-state index in [0.717, 1.165) is 16.5 Å². The molecule has 160 valence electrons. The molecule has 4 rings (SSSR count). The monoisotopic (exact) mass is 429 g/mol. The van der Waals surface area contributed by atoms with Crippen molar-refractivity contribution in [1.29, 1.82) is 0 Å². The van der Waals surface area contributed by atoms with Crippen molar-refractivity contribution in [3.8, 4) is 5.75 Å². The molecule has 6 nitrogen and oxygen atoms in total. The number of amides is 1. The third-order valence-electron chi connectivity index (χ3n) is 4.73. The highest BCUT2D eigenvalue weighted by molar-refractivity contribution is 6.06. The van der Waals surface area contributed by atoms with Crippen LogP contribution >= 0.6 is 0 Å². The van der Waals surface area contributed by atoms with E-state index in [0.29, 0.717) is 17.8 Å². The number of rotatable bonds is 6. The lowest BCUT2D eigenvalue weighted by Gasteiger charge is -2.09. The molecular weight excluding hydrogens is 409 g/mol. The van der Waals surface area contributed by atoms with E-state index >= 15 is 0 Å². The molecule has 0 aliphatic heterocycles. The lowest BCUT2D eigenvalue weighted by Crippen LogP contribution is -2.10. The molecule has 0 saturated carbocycles. The summed E-state index contributed by atoms with van der Waals surface area (Å²) >= 11 is 0. The molecular formula is C25H20FN3O3. The maximum absolute atomic E-state index is 13.7. The number of nitrogens with one attached hydrogen (secondary N) is 1. The molecule has 0 atom stereocenters. The summed E-state index contributed by atoms with van der Waals surface area (Å²) in [5, 5.41) is 8.25. The molecule has 1 heterocycles. The number of hydrogen-bond donors (Lipinski definition) is 1. The van der Waals surface area contributed by atoms with Gasteiger partial charge in [0.1, 0.15) is 0 Å². The van der Waals surface area contributed by atoms with Gasteiger partial charge in [-0.15, -0.1) is 0 Å². The van der Waals surface area contributed by atoms with Crippen LogP contribution in [-0.4, -0.2) is 21.7 Å². The van der Waals surface area contributed by atoms with E-state index < -0.39 is 11.8 Å². The molecule has 4 aromatic rings. The summed E-state index contributed by atoms with van der Waals surface area (Å²) in [5.74, 6) is -1.82. The topological polar surface area (TPSA) is 73.2 Å². The van der Waals surface area contributed by atoms with Gasteiger partial charge in [-0.05, 0) is 35.4 Å². The van der Waals surface area contributed by atoms with Crippen LogP contribution in [0.3, 0.4) is 0 Å². The van der Waals surface area contributed by atoms with Crippen LogP contribution in [0.2, 0.25) is 0 Å². The van der Waals surface area contributed by atoms with E-state index in [1.54, 1.807) is 6.20 Å². The fraction of sp³-hybridized carbons (Fsp3) is 0.0800. The van der Waals surface area contributed by atoms with Crippen LogP contribution in [0.15, 0.2) is 79.0 Å². The standard InChI is InChI=1S/C25H20FN3O3/c1-17(30)32-23-14-18(10-12-21(23)26)11-13-24(31)28-22-9-5-8-20-15-27-29(25(20)22)16-19-6-3-2-4-7-19/h2-15H,16H2,1H3,(H,28,31)/b13-11+. The highest BCUT2D eigenvalue weighted by Gasteiger charge is 2.11. The number of carbonyl (C=O) groups is 2. The first-order valence-corrected chi connectivity index (χ1v) is 9.95. The smallest absolute Gasteiger partial charge is 0.308 e. The number of aromatic nitrogens is 2. The number of esters is 1. The van der Waals surface area contributed by atoms with E-state index in [1.807, 2.05) is 53.2 Å². The molecule has 0 spiro atoms. The molecule has 1 N–H and O–H groups in total. The van der Waals surface area contributed by atoms with E-state index in [4.69, 9.17) is 4.74 Å². The summed E-state index contributed by atoms with van der Waals surface area (Å²) in [5.41, 5.74) is 3.06. The normalized spacial score (nSPS) is 11.1. The third-order valence-corrected chi connectivity index (χ3v) is 4.73. The van der Waals surface area contributed by atoms with E-state index in [9.17, 15) is 14.0 Å². The van der Waals surface area contributed by atoms with Gasteiger partial charge in [0.15, 0.2) is 11.6 Å². The average molecular weight is 429 g/mol. The van der Waals surface area contributed by atoms with Crippen molar-refractivity contribution in [2.45, 2.75) is 13.5 Å². The molecule has 0 aliphatic carbocycles. The maximum atomic E-state index is 13.7. The van der Waals surface area contributed by atoms with Crippen LogP contribution in [-0.2, 0) is 16.1 Å². The average Bonchev–Trinajstić information content (AvgIpc) is 3.18.